The molecule has 3 rings (SSSR count). The summed E-state index contributed by atoms with van der Waals surface area (Å²) in [5.41, 5.74) is 0.836. The molecule has 0 fully saturated rings. The minimum absolute atomic E-state index is 0.0234. The summed E-state index contributed by atoms with van der Waals surface area (Å²) in [6.45, 7) is 18.6. The SMILES string of the molecule is CCCCCCCCCCCCCCCCC(CCCCCCCCCCCCCC)CN1c2cc(C(C)(C)C)sc2-c2sc(C(C)(C)C)cc2S1(=O)=O. The summed E-state index contributed by atoms with van der Waals surface area (Å²) in [5, 5.41) is 0. The highest BCUT2D eigenvalue weighted by molar-refractivity contribution is 7.93. The van der Waals surface area contributed by atoms with E-state index in [1.54, 1.807) is 11.3 Å². The summed E-state index contributed by atoms with van der Waals surface area (Å²) in [5.74, 6) is 0.397. The number of fused-ring (bicyclic) bond motifs is 3. The van der Waals surface area contributed by atoms with E-state index in [1.165, 1.54) is 177 Å². The first kappa shape index (κ1) is 47.5. The van der Waals surface area contributed by atoms with Crippen LogP contribution in [-0.2, 0) is 20.9 Å². The lowest BCUT2D eigenvalue weighted by atomic mass is 9.93. The zero-order valence-electron chi connectivity index (χ0n) is 36.7. The minimum Gasteiger partial charge on any atom is -0.264 e. The van der Waals surface area contributed by atoms with Gasteiger partial charge >= 0.3 is 0 Å². The third-order valence-electron chi connectivity index (χ3n) is 11.8. The maximum absolute atomic E-state index is 14.6. The van der Waals surface area contributed by atoms with Crippen molar-refractivity contribution in [3.63, 3.8) is 0 Å². The van der Waals surface area contributed by atoms with Gasteiger partial charge in [0.15, 0.2) is 0 Å². The second kappa shape index (κ2) is 24.8. The summed E-state index contributed by atoms with van der Waals surface area (Å²) in [4.78, 5) is 5.12. The van der Waals surface area contributed by atoms with Gasteiger partial charge in [-0.1, -0.05) is 222 Å². The molecule has 1 aliphatic heterocycles. The highest BCUT2D eigenvalue weighted by Gasteiger charge is 2.41. The lowest BCUT2D eigenvalue weighted by Gasteiger charge is -2.32. The summed E-state index contributed by atoms with van der Waals surface area (Å²) in [6.07, 6.45) is 37.8. The van der Waals surface area contributed by atoms with E-state index in [0.717, 1.165) is 28.3 Å². The van der Waals surface area contributed by atoms with Crippen molar-refractivity contribution < 1.29 is 8.42 Å². The Morgan fingerprint density at radius 1 is 0.500 bits per heavy atom. The number of sulfonamides is 1. The molecule has 0 amide bonds. The van der Waals surface area contributed by atoms with Gasteiger partial charge in [0.05, 0.1) is 15.4 Å². The van der Waals surface area contributed by atoms with Crippen molar-refractivity contribution in [3.05, 3.63) is 21.9 Å². The van der Waals surface area contributed by atoms with Gasteiger partial charge < -0.3 is 0 Å². The van der Waals surface area contributed by atoms with Crippen molar-refractivity contribution in [2.75, 3.05) is 10.8 Å². The van der Waals surface area contributed by atoms with Gasteiger partial charge in [-0.25, -0.2) is 8.42 Å². The van der Waals surface area contributed by atoms with Crippen molar-refractivity contribution in [1.29, 1.82) is 0 Å². The number of hydrogen-bond acceptors (Lipinski definition) is 4. The molecular formula is C48H85NO2S3. The maximum Gasteiger partial charge on any atom is 0.265 e. The molecule has 0 spiro atoms. The van der Waals surface area contributed by atoms with Crippen LogP contribution >= 0.6 is 22.7 Å². The fraction of sp³-hybridized carbons (Fsp3) is 0.833. The Morgan fingerprint density at radius 3 is 1.20 bits per heavy atom. The Kier molecular flexibility index (Phi) is 21.8. The maximum atomic E-state index is 14.6. The molecule has 6 heteroatoms. The molecule has 0 saturated carbocycles. The van der Waals surface area contributed by atoms with E-state index in [0.29, 0.717) is 17.4 Å². The van der Waals surface area contributed by atoms with Gasteiger partial charge in [0.25, 0.3) is 10.0 Å². The Morgan fingerprint density at radius 2 is 0.833 bits per heavy atom. The van der Waals surface area contributed by atoms with Crippen LogP contribution in [0.2, 0.25) is 0 Å². The summed E-state index contributed by atoms with van der Waals surface area (Å²) < 4.78 is 31.1. The fourth-order valence-corrected chi connectivity index (χ4v) is 12.9. The molecule has 312 valence electrons. The highest BCUT2D eigenvalue weighted by Crippen LogP contribution is 2.54. The molecule has 1 atom stereocenters. The molecule has 3 nitrogen and oxygen atoms in total. The van der Waals surface area contributed by atoms with E-state index in [1.807, 2.05) is 21.7 Å². The van der Waals surface area contributed by atoms with Gasteiger partial charge in [-0.05, 0) is 41.7 Å². The number of nitrogens with zero attached hydrogens (tertiary/aromatic N) is 1. The molecule has 0 aliphatic carbocycles. The summed E-state index contributed by atoms with van der Waals surface area (Å²) >= 11 is 3.52. The van der Waals surface area contributed by atoms with Crippen LogP contribution in [0, 0.1) is 5.92 Å². The normalized spacial score (nSPS) is 14.8. The first-order valence-electron chi connectivity index (χ1n) is 23.1. The van der Waals surface area contributed by atoms with Crippen LogP contribution in [-0.4, -0.2) is 15.0 Å². The van der Waals surface area contributed by atoms with E-state index in [2.05, 4.69) is 61.5 Å². The van der Waals surface area contributed by atoms with Gasteiger partial charge in [-0.2, -0.15) is 0 Å². The Bertz CT molecular complexity index is 1390. The molecule has 54 heavy (non-hydrogen) atoms. The summed E-state index contributed by atoms with van der Waals surface area (Å²) in [6, 6.07) is 4.24. The Balaban J connectivity index is 1.59. The van der Waals surface area contributed by atoms with Gasteiger partial charge in [0.2, 0.25) is 0 Å². The molecule has 0 saturated heterocycles. The Hall–Kier alpha value is -0.850. The van der Waals surface area contributed by atoms with Crippen LogP contribution in [0.4, 0.5) is 5.69 Å². The monoisotopic (exact) mass is 804 g/mol. The number of anilines is 1. The van der Waals surface area contributed by atoms with Crippen LogP contribution in [0.1, 0.15) is 245 Å². The zero-order chi connectivity index (χ0) is 39.5. The van der Waals surface area contributed by atoms with Crippen LogP contribution < -0.4 is 4.31 Å². The van der Waals surface area contributed by atoms with E-state index in [-0.39, 0.29) is 10.8 Å². The standard InChI is InChI=1S/C48H85NO2S3/c1-9-11-13-15-17-19-21-23-24-26-28-30-32-34-36-40(35-33-31-29-27-25-22-20-18-16-14-12-10-2)39-49-41-37-43(47(3,4)5)52-45(41)46-42(54(49,50)51)38-44(53-46)48(6,7)8/h37-38,40H,9-36,39H2,1-8H3. The molecule has 0 radical (unpaired) electrons. The van der Waals surface area contributed by atoms with Crippen molar-refractivity contribution in [2.24, 2.45) is 5.92 Å². The van der Waals surface area contributed by atoms with Crippen molar-refractivity contribution in [1.82, 2.24) is 0 Å². The average molecular weight is 804 g/mol. The van der Waals surface area contributed by atoms with Crippen LogP contribution in [0.3, 0.4) is 0 Å². The van der Waals surface area contributed by atoms with E-state index >= 15 is 0 Å². The Labute approximate surface area is 344 Å². The van der Waals surface area contributed by atoms with Crippen LogP contribution in [0.5, 0.6) is 0 Å². The predicted molar refractivity (Wildman–Crippen MR) is 244 cm³/mol. The van der Waals surface area contributed by atoms with Crippen molar-refractivity contribution in [3.8, 4) is 9.75 Å². The molecule has 2 aromatic heterocycles. The lowest BCUT2D eigenvalue weighted by Crippen LogP contribution is -2.37. The van der Waals surface area contributed by atoms with Crippen molar-refractivity contribution in [2.45, 2.75) is 251 Å². The first-order chi connectivity index (χ1) is 25.8. The molecular weight excluding hydrogens is 719 g/mol. The molecule has 0 N–H and O–H groups in total. The molecule has 1 aliphatic rings. The number of thiophene rings is 2. The average Bonchev–Trinajstić information content (AvgIpc) is 3.77. The van der Waals surface area contributed by atoms with Crippen LogP contribution in [0.25, 0.3) is 9.75 Å². The zero-order valence-corrected chi connectivity index (χ0v) is 39.2. The van der Waals surface area contributed by atoms with Gasteiger partial charge in [-0.3, -0.25) is 4.31 Å². The highest BCUT2D eigenvalue weighted by atomic mass is 32.2. The fourth-order valence-electron chi connectivity index (χ4n) is 8.10. The lowest BCUT2D eigenvalue weighted by molar-refractivity contribution is 0.408. The number of hydrogen-bond donors (Lipinski definition) is 0. The van der Waals surface area contributed by atoms with E-state index in [4.69, 9.17) is 0 Å². The number of unbranched alkanes of at least 4 members (excludes halogenated alkanes) is 24. The third kappa shape index (κ3) is 16.2. The third-order valence-corrected chi connectivity index (χ3v) is 17.0. The van der Waals surface area contributed by atoms with Gasteiger partial charge in [-0.15, -0.1) is 22.7 Å². The molecule has 1 unspecified atom stereocenters. The van der Waals surface area contributed by atoms with Gasteiger partial charge in [0.1, 0.15) is 4.90 Å². The molecule has 0 aromatic carbocycles. The smallest absolute Gasteiger partial charge is 0.264 e. The predicted octanol–water partition coefficient (Wildman–Crippen LogP) is 17.2. The van der Waals surface area contributed by atoms with Crippen LogP contribution in [0.15, 0.2) is 17.0 Å². The minimum atomic E-state index is -3.63. The second-order valence-electron chi connectivity index (χ2n) is 19.1. The summed E-state index contributed by atoms with van der Waals surface area (Å²) in [7, 11) is -3.63. The molecule has 0 bridgehead atoms. The van der Waals surface area contributed by atoms with E-state index in [9.17, 15) is 8.42 Å². The second-order valence-corrected chi connectivity index (χ2v) is 23.0. The first-order valence-corrected chi connectivity index (χ1v) is 26.2. The largest absolute Gasteiger partial charge is 0.265 e. The van der Waals surface area contributed by atoms with E-state index < -0.39 is 10.0 Å². The molecule has 2 aromatic rings. The topological polar surface area (TPSA) is 37.4 Å². The number of rotatable bonds is 30. The molecule has 3 heterocycles. The quantitative estimate of drug-likeness (QED) is 0.0738. The van der Waals surface area contributed by atoms with Gasteiger partial charge in [0, 0.05) is 16.3 Å². The van der Waals surface area contributed by atoms with Crippen molar-refractivity contribution >= 4 is 38.4 Å².